The molecule has 4 heterocycles. The van der Waals surface area contributed by atoms with E-state index in [1.165, 1.54) is 11.3 Å². The predicted molar refractivity (Wildman–Crippen MR) is 174 cm³/mol. The van der Waals surface area contributed by atoms with Gasteiger partial charge in [-0.15, -0.1) is 11.3 Å². The highest BCUT2D eigenvalue weighted by atomic mass is 32.2. The van der Waals surface area contributed by atoms with Crippen LogP contribution >= 0.6 is 11.3 Å². The average Bonchev–Trinajstić information content (AvgIpc) is 3.72. The van der Waals surface area contributed by atoms with Gasteiger partial charge in [-0.2, -0.15) is 0 Å². The SMILES string of the molecule is Cc1cc(O[C@@H]2C[C@H]3C(=O)N[C@]4(C(=O)NS(=O)(=O)C5(C)CC5)C[C@H]4/C=C\CC[C@@H](C)C[C@@H](C)CC(=O)N3C2)cc(-c2cncs2)n1. The fourth-order valence-electron chi connectivity index (χ4n) is 6.78. The maximum absolute atomic E-state index is 14.1. The Balaban J connectivity index is 1.26. The Hall–Kier alpha value is -3.32. The molecule has 2 aliphatic carbocycles. The van der Waals surface area contributed by atoms with E-state index < -0.39 is 44.3 Å². The lowest BCUT2D eigenvalue weighted by atomic mass is 9.91. The predicted octanol–water partition coefficient (Wildman–Crippen LogP) is 4.14. The summed E-state index contributed by atoms with van der Waals surface area (Å²) < 4.78 is 33.7. The first kappa shape index (κ1) is 32.6. The minimum atomic E-state index is -3.90. The molecule has 0 spiro atoms. The van der Waals surface area contributed by atoms with Crippen LogP contribution in [-0.4, -0.2) is 70.0 Å². The van der Waals surface area contributed by atoms with Crippen molar-refractivity contribution in [3.05, 3.63) is 41.7 Å². The van der Waals surface area contributed by atoms with Crippen LogP contribution in [-0.2, 0) is 24.4 Å². The Bertz CT molecular complexity index is 1640. The zero-order valence-corrected chi connectivity index (χ0v) is 28.5. The monoisotopic (exact) mass is 669 g/mol. The minimum Gasteiger partial charge on any atom is -0.488 e. The van der Waals surface area contributed by atoms with E-state index in [0.29, 0.717) is 30.9 Å². The number of amides is 3. The van der Waals surface area contributed by atoms with Crippen molar-refractivity contribution in [1.82, 2.24) is 24.9 Å². The van der Waals surface area contributed by atoms with Gasteiger partial charge in [0.25, 0.3) is 5.91 Å². The van der Waals surface area contributed by atoms with Gasteiger partial charge >= 0.3 is 0 Å². The summed E-state index contributed by atoms with van der Waals surface area (Å²) in [6, 6.07) is 2.79. The Morgan fingerprint density at radius 1 is 1.17 bits per heavy atom. The van der Waals surface area contributed by atoms with Crippen LogP contribution in [0.15, 0.2) is 36.0 Å². The number of aryl methyl sites for hydroxylation is 1. The van der Waals surface area contributed by atoms with E-state index in [1.54, 1.807) is 23.5 Å². The van der Waals surface area contributed by atoms with Gasteiger partial charge < -0.3 is 15.0 Å². The molecule has 2 N–H and O–H groups in total. The van der Waals surface area contributed by atoms with Crippen molar-refractivity contribution in [1.29, 1.82) is 0 Å². The number of carbonyl (C=O) groups is 3. The van der Waals surface area contributed by atoms with E-state index in [9.17, 15) is 22.8 Å². The highest BCUT2D eigenvalue weighted by Crippen LogP contribution is 2.47. The Kier molecular flexibility index (Phi) is 8.77. The number of hydrogen-bond donors (Lipinski definition) is 2. The lowest BCUT2D eigenvalue weighted by molar-refractivity contribution is -0.140. The number of ether oxygens (including phenoxy) is 1. The van der Waals surface area contributed by atoms with Crippen molar-refractivity contribution in [3.63, 3.8) is 0 Å². The fourth-order valence-corrected chi connectivity index (χ4v) is 8.68. The summed E-state index contributed by atoms with van der Waals surface area (Å²) in [5, 5.41) is 2.93. The first-order valence-corrected chi connectivity index (χ1v) is 18.5. The van der Waals surface area contributed by atoms with Gasteiger partial charge in [0.15, 0.2) is 0 Å². The molecular formula is C33H43N5O6S2. The molecule has 0 bridgehead atoms. The number of thiazole rings is 1. The zero-order chi connectivity index (χ0) is 32.9. The number of sulfonamides is 1. The van der Waals surface area contributed by atoms with Crippen LogP contribution in [0, 0.1) is 24.7 Å². The number of fused-ring (bicyclic) bond motifs is 2. The first-order valence-electron chi connectivity index (χ1n) is 16.2. The Morgan fingerprint density at radius 2 is 1.96 bits per heavy atom. The van der Waals surface area contributed by atoms with Gasteiger partial charge in [-0.25, -0.2) is 8.42 Å². The Labute approximate surface area is 274 Å². The second-order valence-electron chi connectivity index (χ2n) is 14.0. The van der Waals surface area contributed by atoms with E-state index in [4.69, 9.17) is 4.74 Å². The highest BCUT2D eigenvalue weighted by molar-refractivity contribution is 7.91. The molecule has 2 aromatic heterocycles. The van der Waals surface area contributed by atoms with Crippen LogP contribution in [0.25, 0.3) is 10.6 Å². The van der Waals surface area contributed by atoms with Gasteiger partial charge in [0.05, 0.1) is 27.4 Å². The van der Waals surface area contributed by atoms with Crippen molar-refractivity contribution < 1.29 is 27.5 Å². The minimum absolute atomic E-state index is 0.129. The van der Waals surface area contributed by atoms with Gasteiger partial charge in [0.2, 0.25) is 21.8 Å². The average molecular weight is 670 g/mol. The number of rotatable bonds is 6. The lowest BCUT2D eigenvalue weighted by Crippen LogP contribution is -2.57. The molecule has 6 rings (SSSR count). The number of allylic oxidation sites excluding steroid dienone is 1. The number of hydrogen-bond acceptors (Lipinski definition) is 9. The number of nitrogens with one attached hydrogen (secondary N) is 2. The van der Waals surface area contributed by atoms with E-state index >= 15 is 0 Å². The van der Waals surface area contributed by atoms with Crippen LogP contribution in [0.2, 0.25) is 0 Å². The molecule has 3 fully saturated rings. The van der Waals surface area contributed by atoms with Crippen molar-refractivity contribution in [2.24, 2.45) is 17.8 Å². The third-order valence-corrected chi connectivity index (χ3v) is 12.9. The summed E-state index contributed by atoms with van der Waals surface area (Å²) in [7, 11) is -3.90. The maximum Gasteiger partial charge on any atom is 0.259 e. The third kappa shape index (κ3) is 6.71. The molecule has 248 valence electrons. The molecule has 46 heavy (non-hydrogen) atoms. The standard InChI is InChI=1S/C33H43N5O6S2/c1-20-7-5-6-8-23-16-33(23,31(41)37-46(42,43)32(4)9-10-32)36-30(40)27-15-25(18-38(27)29(39)12-21(2)11-20)44-24-13-22(3)35-26(14-24)28-17-34-19-45-28/h6,8,13-14,17,19-21,23,25,27H,5,7,9-12,15-16,18H2,1-4H3,(H,36,40)(H,37,41)/b8-6-/t20-,21-,23-,25-,27+,33-/m1/s1. The van der Waals surface area contributed by atoms with Gasteiger partial charge in [0.1, 0.15) is 23.4 Å². The number of aromatic nitrogens is 2. The second kappa shape index (κ2) is 12.4. The molecule has 0 radical (unpaired) electrons. The van der Waals surface area contributed by atoms with Gasteiger partial charge in [-0.3, -0.25) is 29.1 Å². The zero-order valence-electron chi connectivity index (χ0n) is 26.8. The number of pyridine rings is 1. The van der Waals surface area contributed by atoms with E-state index in [0.717, 1.165) is 35.5 Å². The number of carbonyl (C=O) groups excluding carboxylic acids is 3. The summed E-state index contributed by atoms with van der Waals surface area (Å²) in [5.74, 6) is -0.576. The molecule has 0 aromatic carbocycles. The van der Waals surface area contributed by atoms with E-state index in [1.807, 2.05) is 31.2 Å². The summed E-state index contributed by atoms with van der Waals surface area (Å²) in [4.78, 5) is 52.7. The van der Waals surface area contributed by atoms with Crippen LogP contribution in [0.5, 0.6) is 5.75 Å². The van der Waals surface area contributed by atoms with Crippen LogP contribution in [0.1, 0.15) is 77.8 Å². The Morgan fingerprint density at radius 3 is 2.67 bits per heavy atom. The van der Waals surface area contributed by atoms with Crippen molar-refractivity contribution in [2.45, 2.75) is 101 Å². The molecule has 4 aliphatic rings. The first-order chi connectivity index (χ1) is 21.8. The van der Waals surface area contributed by atoms with E-state index in [2.05, 4.69) is 33.9 Å². The topological polar surface area (TPSA) is 148 Å². The van der Waals surface area contributed by atoms with Crippen molar-refractivity contribution >= 4 is 39.1 Å². The molecule has 13 heteroatoms. The molecule has 1 saturated heterocycles. The molecule has 11 nitrogen and oxygen atoms in total. The van der Waals surface area contributed by atoms with Crippen LogP contribution < -0.4 is 14.8 Å². The van der Waals surface area contributed by atoms with Crippen molar-refractivity contribution in [2.75, 3.05) is 6.54 Å². The quantitative estimate of drug-likeness (QED) is 0.437. The summed E-state index contributed by atoms with van der Waals surface area (Å²) in [6.45, 7) is 7.96. The molecule has 6 atom stereocenters. The molecular weight excluding hydrogens is 627 g/mol. The number of nitrogens with zero attached hydrogens (tertiary/aromatic N) is 3. The summed E-state index contributed by atoms with van der Waals surface area (Å²) in [6.07, 6.45) is 9.62. The molecule has 3 amide bonds. The molecule has 2 saturated carbocycles. The molecule has 2 aromatic rings. The summed E-state index contributed by atoms with van der Waals surface area (Å²) >= 11 is 1.47. The largest absolute Gasteiger partial charge is 0.488 e. The van der Waals surface area contributed by atoms with Gasteiger partial charge in [0, 0.05) is 42.8 Å². The summed E-state index contributed by atoms with van der Waals surface area (Å²) in [5.41, 5.74) is 1.84. The molecule has 2 aliphatic heterocycles. The van der Waals surface area contributed by atoms with Crippen molar-refractivity contribution in [3.8, 4) is 16.3 Å². The van der Waals surface area contributed by atoms with Crippen LogP contribution in [0.3, 0.4) is 0 Å². The fraction of sp³-hybridized carbons (Fsp3) is 0.606. The lowest BCUT2D eigenvalue weighted by Gasteiger charge is -2.28. The molecule has 0 unspecified atom stereocenters. The smallest absolute Gasteiger partial charge is 0.259 e. The normalized spacial score (nSPS) is 31.8. The van der Waals surface area contributed by atoms with Crippen LogP contribution in [0.4, 0.5) is 0 Å². The van der Waals surface area contributed by atoms with Gasteiger partial charge in [-0.05, 0) is 64.2 Å². The maximum atomic E-state index is 14.1. The third-order valence-electron chi connectivity index (χ3n) is 9.92. The highest BCUT2D eigenvalue weighted by Gasteiger charge is 2.63. The van der Waals surface area contributed by atoms with Gasteiger partial charge in [-0.1, -0.05) is 26.0 Å². The second-order valence-corrected chi connectivity index (χ2v) is 17.1. The van der Waals surface area contributed by atoms with E-state index in [-0.39, 0.29) is 37.1 Å².